The SMILES string of the molecule is CN[C@@H]1C[C@H](C(F)(F)F)CN(C(=O)OCc2ccccc2)C1. The maximum atomic E-state index is 12.9. The highest BCUT2D eigenvalue weighted by molar-refractivity contribution is 5.67. The van der Waals surface area contributed by atoms with Crippen LogP contribution in [0.2, 0.25) is 0 Å². The van der Waals surface area contributed by atoms with E-state index in [2.05, 4.69) is 5.32 Å². The first-order valence-corrected chi connectivity index (χ1v) is 7.09. The second-order valence-electron chi connectivity index (χ2n) is 5.41. The third kappa shape index (κ3) is 4.37. The summed E-state index contributed by atoms with van der Waals surface area (Å²) in [6.45, 7) is -0.0803. The molecule has 0 unspecified atom stereocenters. The van der Waals surface area contributed by atoms with Gasteiger partial charge in [0.25, 0.3) is 0 Å². The van der Waals surface area contributed by atoms with E-state index in [4.69, 9.17) is 4.74 Å². The zero-order chi connectivity index (χ0) is 16.2. The van der Waals surface area contributed by atoms with Crippen molar-refractivity contribution in [2.24, 2.45) is 5.92 Å². The number of likely N-dealkylation sites (N-methyl/N-ethyl adjacent to an activating group) is 1. The summed E-state index contributed by atoms with van der Waals surface area (Å²) >= 11 is 0. The van der Waals surface area contributed by atoms with Crippen LogP contribution in [-0.4, -0.2) is 43.3 Å². The molecule has 0 spiro atoms. The minimum absolute atomic E-state index is 0.0253. The number of hydrogen-bond acceptors (Lipinski definition) is 3. The predicted octanol–water partition coefficient (Wildman–Crippen LogP) is 2.80. The van der Waals surface area contributed by atoms with Crippen LogP contribution in [0.4, 0.5) is 18.0 Å². The van der Waals surface area contributed by atoms with E-state index in [0.717, 1.165) is 10.5 Å². The van der Waals surface area contributed by atoms with Gasteiger partial charge in [-0.15, -0.1) is 0 Å². The van der Waals surface area contributed by atoms with E-state index < -0.39 is 18.2 Å². The molecule has 7 heteroatoms. The number of carbonyl (C=O) groups is 1. The van der Waals surface area contributed by atoms with Crippen LogP contribution in [0.3, 0.4) is 0 Å². The molecule has 1 aromatic carbocycles. The van der Waals surface area contributed by atoms with E-state index in [9.17, 15) is 18.0 Å². The number of nitrogens with one attached hydrogen (secondary N) is 1. The second-order valence-corrected chi connectivity index (χ2v) is 5.41. The van der Waals surface area contributed by atoms with Crippen molar-refractivity contribution in [3.8, 4) is 0 Å². The van der Waals surface area contributed by atoms with Gasteiger partial charge in [-0.3, -0.25) is 0 Å². The summed E-state index contributed by atoms with van der Waals surface area (Å²) in [5, 5.41) is 2.82. The van der Waals surface area contributed by atoms with Crippen molar-refractivity contribution in [1.29, 1.82) is 0 Å². The van der Waals surface area contributed by atoms with Crippen molar-refractivity contribution >= 4 is 6.09 Å². The Hall–Kier alpha value is -1.76. The lowest BCUT2D eigenvalue weighted by atomic mass is 9.94. The number of likely N-dealkylation sites (tertiary alicyclic amines) is 1. The molecule has 1 aromatic rings. The first-order valence-electron chi connectivity index (χ1n) is 7.09. The molecule has 2 rings (SSSR count). The third-order valence-corrected chi connectivity index (χ3v) is 3.79. The molecule has 1 aliphatic heterocycles. The largest absolute Gasteiger partial charge is 0.445 e. The Morgan fingerprint density at radius 2 is 2.00 bits per heavy atom. The van der Waals surface area contributed by atoms with Gasteiger partial charge in [0.1, 0.15) is 6.61 Å². The minimum Gasteiger partial charge on any atom is -0.445 e. The molecule has 1 aliphatic rings. The summed E-state index contributed by atoms with van der Waals surface area (Å²) in [7, 11) is 1.59. The fourth-order valence-corrected chi connectivity index (χ4v) is 2.51. The lowest BCUT2D eigenvalue weighted by Gasteiger charge is -2.37. The van der Waals surface area contributed by atoms with Crippen LogP contribution in [0.15, 0.2) is 30.3 Å². The highest BCUT2D eigenvalue weighted by Crippen LogP contribution is 2.33. The maximum absolute atomic E-state index is 12.9. The molecule has 122 valence electrons. The number of halogens is 3. The van der Waals surface area contributed by atoms with Crippen LogP contribution in [0.1, 0.15) is 12.0 Å². The molecule has 0 saturated carbocycles. The topological polar surface area (TPSA) is 41.6 Å². The number of benzene rings is 1. The molecule has 22 heavy (non-hydrogen) atoms. The van der Waals surface area contributed by atoms with Gasteiger partial charge in [-0.1, -0.05) is 30.3 Å². The Morgan fingerprint density at radius 1 is 1.32 bits per heavy atom. The second kappa shape index (κ2) is 7.00. The Kier molecular flexibility index (Phi) is 5.28. The van der Waals surface area contributed by atoms with Crippen molar-refractivity contribution in [1.82, 2.24) is 10.2 Å². The minimum atomic E-state index is -4.31. The summed E-state index contributed by atoms with van der Waals surface area (Å²) < 4.78 is 43.9. The fourth-order valence-electron chi connectivity index (χ4n) is 2.51. The summed E-state index contributed by atoms with van der Waals surface area (Å²) in [5.41, 5.74) is 0.797. The van der Waals surface area contributed by atoms with E-state index in [0.29, 0.717) is 0 Å². The molecule has 2 atom stereocenters. The number of rotatable bonds is 3. The summed E-state index contributed by atoms with van der Waals surface area (Å²) in [6.07, 6.45) is -5.05. The molecule has 4 nitrogen and oxygen atoms in total. The molecule has 1 heterocycles. The van der Waals surface area contributed by atoms with Gasteiger partial charge < -0.3 is 15.0 Å². The van der Waals surface area contributed by atoms with E-state index in [1.807, 2.05) is 6.07 Å². The Labute approximate surface area is 127 Å². The predicted molar refractivity (Wildman–Crippen MR) is 75.2 cm³/mol. The van der Waals surface area contributed by atoms with E-state index >= 15 is 0 Å². The van der Waals surface area contributed by atoms with Gasteiger partial charge >= 0.3 is 12.3 Å². The van der Waals surface area contributed by atoms with Crippen molar-refractivity contribution in [2.45, 2.75) is 25.2 Å². The smallest absolute Gasteiger partial charge is 0.410 e. The van der Waals surface area contributed by atoms with Gasteiger partial charge in [-0.05, 0) is 19.0 Å². The first kappa shape index (κ1) is 16.6. The number of carbonyl (C=O) groups excluding carboxylic acids is 1. The van der Waals surface area contributed by atoms with Crippen LogP contribution < -0.4 is 5.32 Å². The van der Waals surface area contributed by atoms with E-state index in [-0.39, 0.29) is 32.2 Å². The van der Waals surface area contributed by atoms with E-state index in [1.165, 1.54) is 0 Å². The molecule has 0 bridgehead atoms. The van der Waals surface area contributed by atoms with Crippen LogP contribution in [0.25, 0.3) is 0 Å². The van der Waals surface area contributed by atoms with Crippen LogP contribution in [-0.2, 0) is 11.3 Å². The molecule has 1 amide bonds. The third-order valence-electron chi connectivity index (χ3n) is 3.79. The van der Waals surface area contributed by atoms with Gasteiger partial charge in [0.15, 0.2) is 0 Å². The number of nitrogens with zero attached hydrogens (tertiary/aromatic N) is 1. The summed E-state index contributed by atoms with van der Waals surface area (Å²) in [6, 6.07) is 8.64. The Balaban J connectivity index is 1.95. The monoisotopic (exact) mass is 316 g/mol. The van der Waals surface area contributed by atoms with Crippen molar-refractivity contribution in [3.63, 3.8) is 0 Å². The van der Waals surface area contributed by atoms with Crippen molar-refractivity contribution in [2.75, 3.05) is 20.1 Å². The Morgan fingerprint density at radius 3 is 2.59 bits per heavy atom. The molecular formula is C15H19F3N2O2. The molecule has 1 N–H and O–H groups in total. The zero-order valence-corrected chi connectivity index (χ0v) is 12.3. The maximum Gasteiger partial charge on any atom is 0.410 e. The molecule has 1 saturated heterocycles. The van der Waals surface area contributed by atoms with Crippen LogP contribution in [0.5, 0.6) is 0 Å². The average Bonchev–Trinajstić information content (AvgIpc) is 2.52. The molecule has 0 aliphatic carbocycles. The van der Waals surface area contributed by atoms with Gasteiger partial charge in [0, 0.05) is 19.1 Å². The highest BCUT2D eigenvalue weighted by atomic mass is 19.4. The number of amides is 1. The van der Waals surface area contributed by atoms with E-state index in [1.54, 1.807) is 31.3 Å². The number of alkyl halides is 3. The van der Waals surface area contributed by atoms with Crippen molar-refractivity contribution in [3.05, 3.63) is 35.9 Å². The quantitative estimate of drug-likeness (QED) is 0.932. The summed E-state index contributed by atoms with van der Waals surface area (Å²) in [5.74, 6) is -1.53. The molecule has 1 fully saturated rings. The van der Waals surface area contributed by atoms with Gasteiger partial charge in [-0.25, -0.2) is 4.79 Å². The molecular weight excluding hydrogens is 297 g/mol. The Bertz CT molecular complexity index is 493. The fraction of sp³-hybridized carbons (Fsp3) is 0.533. The number of hydrogen-bond donors (Lipinski definition) is 1. The van der Waals surface area contributed by atoms with Gasteiger partial charge in [0.2, 0.25) is 0 Å². The standard InChI is InChI=1S/C15H19F3N2O2/c1-19-13-7-12(15(16,17)18)8-20(9-13)14(21)22-10-11-5-3-2-4-6-11/h2-6,12-13,19H,7-10H2,1H3/t12-,13+/m0/s1. The van der Waals surface area contributed by atoms with Gasteiger partial charge in [0.05, 0.1) is 5.92 Å². The highest BCUT2D eigenvalue weighted by Gasteiger charge is 2.45. The molecule has 0 radical (unpaired) electrons. The average molecular weight is 316 g/mol. The lowest BCUT2D eigenvalue weighted by Crippen LogP contribution is -2.53. The molecule has 0 aromatic heterocycles. The normalized spacial score (nSPS) is 22.5. The van der Waals surface area contributed by atoms with Crippen LogP contribution >= 0.6 is 0 Å². The number of piperidine rings is 1. The zero-order valence-electron chi connectivity index (χ0n) is 12.3. The van der Waals surface area contributed by atoms with Crippen molar-refractivity contribution < 1.29 is 22.7 Å². The first-order chi connectivity index (χ1) is 10.4. The lowest BCUT2D eigenvalue weighted by molar-refractivity contribution is -0.187. The number of ether oxygens (including phenoxy) is 1. The van der Waals surface area contributed by atoms with Crippen LogP contribution in [0, 0.1) is 5.92 Å². The summed E-state index contributed by atoms with van der Waals surface area (Å²) in [4.78, 5) is 13.1. The van der Waals surface area contributed by atoms with Gasteiger partial charge in [-0.2, -0.15) is 13.2 Å².